The summed E-state index contributed by atoms with van der Waals surface area (Å²) < 4.78 is 0. The number of rotatable bonds is 2. The van der Waals surface area contributed by atoms with Gasteiger partial charge in [0.1, 0.15) is 0 Å². The first kappa shape index (κ1) is 13.9. The van der Waals surface area contributed by atoms with Crippen molar-refractivity contribution >= 4 is 12.6 Å². The third-order valence-electron chi connectivity index (χ3n) is 2.64. The van der Waals surface area contributed by atoms with Crippen molar-refractivity contribution < 1.29 is 0 Å². The van der Waals surface area contributed by atoms with Crippen molar-refractivity contribution in [3.05, 3.63) is 65.7 Å². The lowest BCUT2D eigenvalue weighted by Crippen LogP contribution is -1.88. The SMILES string of the molecule is CCc1ccccc1CC.Sc1ccccc1. The Morgan fingerprint density at radius 2 is 1.12 bits per heavy atom. The van der Waals surface area contributed by atoms with Crippen LogP contribution in [0.3, 0.4) is 0 Å². The Hall–Kier alpha value is -1.21. The van der Waals surface area contributed by atoms with E-state index in [0.717, 1.165) is 17.7 Å². The molecule has 1 heteroatoms. The maximum Gasteiger partial charge on any atom is 0.00399 e. The molecular formula is C16H20S. The highest BCUT2D eigenvalue weighted by molar-refractivity contribution is 7.80. The van der Waals surface area contributed by atoms with Crippen LogP contribution in [0.4, 0.5) is 0 Å². The number of hydrogen-bond acceptors (Lipinski definition) is 1. The van der Waals surface area contributed by atoms with E-state index >= 15 is 0 Å². The van der Waals surface area contributed by atoms with E-state index in [1.165, 1.54) is 11.1 Å². The van der Waals surface area contributed by atoms with E-state index < -0.39 is 0 Å². The van der Waals surface area contributed by atoms with Crippen molar-refractivity contribution in [2.24, 2.45) is 0 Å². The van der Waals surface area contributed by atoms with E-state index in [-0.39, 0.29) is 0 Å². The fraction of sp³-hybridized carbons (Fsp3) is 0.250. The second-order valence-corrected chi connectivity index (χ2v) is 4.33. The first-order valence-corrected chi connectivity index (χ1v) is 6.53. The van der Waals surface area contributed by atoms with E-state index in [1.54, 1.807) is 0 Å². The standard InChI is InChI=1S/C10H14.C6H6S/c1-3-9-7-5-6-8-10(9)4-2;7-6-4-2-1-3-5-6/h5-8H,3-4H2,1-2H3;1-5,7H. The summed E-state index contributed by atoms with van der Waals surface area (Å²) in [5.41, 5.74) is 2.98. The van der Waals surface area contributed by atoms with Crippen molar-refractivity contribution in [2.45, 2.75) is 31.6 Å². The Kier molecular flexibility index (Phi) is 6.49. The minimum absolute atomic E-state index is 1.02. The highest BCUT2D eigenvalue weighted by Crippen LogP contribution is 2.08. The molecule has 17 heavy (non-hydrogen) atoms. The minimum Gasteiger partial charge on any atom is -0.143 e. The smallest absolute Gasteiger partial charge is 0.00399 e. The van der Waals surface area contributed by atoms with Gasteiger partial charge in [0.05, 0.1) is 0 Å². The third kappa shape index (κ3) is 5.10. The average molecular weight is 244 g/mol. The van der Waals surface area contributed by atoms with Gasteiger partial charge in [0.15, 0.2) is 0 Å². The van der Waals surface area contributed by atoms with Crippen LogP contribution < -0.4 is 0 Å². The van der Waals surface area contributed by atoms with Crippen LogP contribution in [0.5, 0.6) is 0 Å². The van der Waals surface area contributed by atoms with E-state index in [2.05, 4.69) is 50.7 Å². The second kappa shape index (κ2) is 7.97. The van der Waals surface area contributed by atoms with Gasteiger partial charge < -0.3 is 0 Å². The number of hydrogen-bond donors (Lipinski definition) is 1. The van der Waals surface area contributed by atoms with Gasteiger partial charge in [-0.05, 0) is 36.1 Å². The molecule has 0 aliphatic rings. The van der Waals surface area contributed by atoms with E-state index in [9.17, 15) is 0 Å². The monoisotopic (exact) mass is 244 g/mol. The second-order valence-electron chi connectivity index (χ2n) is 3.81. The minimum atomic E-state index is 1.02. The molecule has 2 rings (SSSR count). The van der Waals surface area contributed by atoms with Crippen molar-refractivity contribution in [1.29, 1.82) is 0 Å². The van der Waals surface area contributed by atoms with Crippen molar-refractivity contribution in [3.8, 4) is 0 Å². The molecule has 0 amide bonds. The normalized spacial score (nSPS) is 9.35. The van der Waals surface area contributed by atoms with Crippen molar-refractivity contribution in [3.63, 3.8) is 0 Å². The topological polar surface area (TPSA) is 0 Å². The van der Waals surface area contributed by atoms with Crippen LogP contribution in [0.15, 0.2) is 59.5 Å². The zero-order valence-electron chi connectivity index (χ0n) is 10.6. The van der Waals surface area contributed by atoms with Gasteiger partial charge in [-0.1, -0.05) is 56.3 Å². The number of thiol groups is 1. The largest absolute Gasteiger partial charge is 0.143 e. The molecule has 0 spiro atoms. The molecule has 0 N–H and O–H groups in total. The lowest BCUT2D eigenvalue weighted by Gasteiger charge is -2.02. The molecule has 0 bridgehead atoms. The molecule has 0 unspecified atom stereocenters. The van der Waals surface area contributed by atoms with E-state index in [0.29, 0.717) is 0 Å². The van der Waals surface area contributed by atoms with Crippen LogP contribution in [0.1, 0.15) is 25.0 Å². The van der Waals surface area contributed by atoms with Gasteiger partial charge in [0.2, 0.25) is 0 Å². The van der Waals surface area contributed by atoms with Crippen LogP contribution in [0.25, 0.3) is 0 Å². The average Bonchev–Trinajstić information content (AvgIpc) is 2.40. The fourth-order valence-corrected chi connectivity index (χ4v) is 1.85. The Morgan fingerprint density at radius 1 is 0.706 bits per heavy atom. The summed E-state index contributed by atoms with van der Waals surface area (Å²) in [6.07, 6.45) is 2.31. The maximum atomic E-state index is 4.08. The summed E-state index contributed by atoms with van der Waals surface area (Å²) in [7, 11) is 0. The molecule has 0 aliphatic heterocycles. The van der Waals surface area contributed by atoms with Crippen LogP contribution in [-0.4, -0.2) is 0 Å². The summed E-state index contributed by atoms with van der Waals surface area (Å²) in [6, 6.07) is 18.4. The molecule has 0 saturated heterocycles. The fourth-order valence-electron chi connectivity index (χ4n) is 1.68. The van der Waals surface area contributed by atoms with Gasteiger partial charge in [0.25, 0.3) is 0 Å². The lowest BCUT2D eigenvalue weighted by atomic mass is 10.0. The highest BCUT2D eigenvalue weighted by atomic mass is 32.1. The van der Waals surface area contributed by atoms with Crippen LogP contribution in [-0.2, 0) is 12.8 Å². The Labute approximate surface area is 110 Å². The highest BCUT2D eigenvalue weighted by Gasteiger charge is 1.93. The van der Waals surface area contributed by atoms with Gasteiger partial charge >= 0.3 is 0 Å². The molecule has 0 fully saturated rings. The van der Waals surface area contributed by atoms with Gasteiger partial charge in [0, 0.05) is 4.90 Å². The predicted octanol–water partition coefficient (Wildman–Crippen LogP) is 4.79. The Balaban J connectivity index is 0.000000181. The Morgan fingerprint density at radius 3 is 1.41 bits per heavy atom. The molecule has 0 aliphatic carbocycles. The van der Waals surface area contributed by atoms with Crippen LogP contribution in [0.2, 0.25) is 0 Å². The lowest BCUT2D eigenvalue weighted by molar-refractivity contribution is 1.04. The predicted molar refractivity (Wildman–Crippen MR) is 78.9 cm³/mol. The molecule has 0 nitrogen and oxygen atoms in total. The van der Waals surface area contributed by atoms with Gasteiger partial charge in [-0.3, -0.25) is 0 Å². The molecule has 0 radical (unpaired) electrons. The third-order valence-corrected chi connectivity index (χ3v) is 2.93. The summed E-state index contributed by atoms with van der Waals surface area (Å²) in [5, 5.41) is 0. The number of benzene rings is 2. The van der Waals surface area contributed by atoms with Crippen LogP contribution >= 0.6 is 12.6 Å². The first-order valence-electron chi connectivity index (χ1n) is 6.08. The van der Waals surface area contributed by atoms with Crippen molar-refractivity contribution in [1.82, 2.24) is 0 Å². The summed E-state index contributed by atoms with van der Waals surface area (Å²) in [5.74, 6) is 0. The zero-order valence-corrected chi connectivity index (χ0v) is 11.5. The molecule has 2 aromatic rings. The molecule has 0 heterocycles. The Bertz CT molecular complexity index is 398. The number of aryl methyl sites for hydroxylation is 2. The van der Waals surface area contributed by atoms with Gasteiger partial charge in [-0.2, -0.15) is 0 Å². The molecule has 0 aromatic heterocycles. The maximum absolute atomic E-state index is 4.08. The summed E-state index contributed by atoms with van der Waals surface area (Å²) in [4.78, 5) is 1.02. The molecule has 90 valence electrons. The first-order chi connectivity index (χ1) is 8.27. The molecular weight excluding hydrogens is 224 g/mol. The molecule has 0 saturated carbocycles. The molecule has 0 atom stereocenters. The molecule has 2 aromatic carbocycles. The van der Waals surface area contributed by atoms with Gasteiger partial charge in [-0.15, -0.1) is 12.6 Å². The quantitative estimate of drug-likeness (QED) is 0.722. The van der Waals surface area contributed by atoms with E-state index in [4.69, 9.17) is 0 Å². The zero-order chi connectivity index (χ0) is 12.5. The summed E-state index contributed by atoms with van der Waals surface area (Å²) >= 11 is 4.08. The van der Waals surface area contributed by atoms with Crippen LogP contribution in [0, 0.1) is 0 Å². The van der Waals surface area contributed by atoms with Crippen molar-refractivity contribution in [2.75, 3.05) is 0 Å². The van der Waals surface area contributed by atoms with E-state index in [1.807, 2.05) is 30.3 Å². The van der Waals surface area contributed by atoms with Gasteiger partial charge in [-0.25, -0.2) is 0 Å². The summed E-state index contributed by atoms with van der Waals surface area (Å²) in [6.45, 7) is 4.41.